The minimum absolute atomic E-state index is 0.833. The SMILES string of the molecule is CC(=O)O.Nc1cccs1. The molecule has 0 fully saturated rings. The zero-order valence-electron chi connectivity index (χ0n) is 5.57. The molecule has 0 unspecified atom stereocenters. The summed E-state index contributed by atoms with van der Waals surface area (Å²) in [5.41, 5.74) is 5.30. The van der Waals surface area contributed by atoms with E-state index >= 15 is 0 Å². The molecule has 1 aromatic heterocycles. The lowest BCUT2D eigenvalue weighted by Crippen LogP contribution is -1.78. The second-order valence-corrected chi connectivity index (χ2v) is 2.51. The van der Waals surface area contributed by atoms with Gasteiger partial charge in [0.1, 0.15) is 0 Å². The van der Waals surface area contributed by atoms with Gasteiger partial charge in [-0.05, 0) is 17.5 Å². The molecule has 0 radical (unpaired) electrons. The normalized spacial score (nSPS) is 7.70. The number of thiophene rings is 1. The van der Waals surface area contributed by atoms with Crippen LogP contribution in [0.3, 0.4) is 0 Å². The van der Waals surface area contributed by atoms with Crippen molar-refractivity contribution in [2.75, 3.05) is 5.73 Å². The first-order valence-electron chi connectivity index (χ1n) is 2.61. The Labute approximate surface area is 63.1 Å². The van der Waals surface area contributed by atoms with Gasteiger partial charge >= 0.3 is 0 Å². The van der Waals surface area contributed by atoms with E-state index in [-0.39, 0.29) is 0 Å². The number of nitrogen functional groups attached to an aromatic ring is 1. The van der Waals surface area contributed by atoms with Crippen LogP contribution in [0.1, 0.15) is 6.92 Å². The third kappa shape index (κ3) is 6.97. The predicted molar refractivity (Wildman–Crippen MR) is 42.0 cm³/mol. The van der Waals surface area contributed by atoms with Crippen molar-refractivity contribution in [3.63, 3.8) is 0 Å². The fraction of sp³-hybridized carbons (Fsp3) is 0.167. The van der Waals surface area contributed by atoms with Gasteiger partial charge in [0.2, 0.25) is 0 Å². The molecule has 0 aromatic carbocycles. The summed E-state index contributed by atoms with van der Waals surface area (Å²) in [6.45, 7) is 1.08. The molecule has 1 aromatic rings. The molecule has 10 heavy (non-hydrogen) atoms. The zero-order valence-corrected chi connectivity index (χ0v) is 6.39. The second-order valence-electron chi connectivity index (χ2n) is 1.53. The Hall–Kier alpha value is -1.03. The molecule has 56 valence electrons. The summed E-state index contributed by atoms with van der Waals surface area (Å²) in [7, 11) is 0. The Morgan fingerprint density at radius 3 is 2.40 bits per heavy atom. The quantitative estimate of drug-likeness (QED) is 0.601. The van der Waals surface area contributed by atoms with Crippen LogP contribution in [0.4, 0.5) is 5.00 Å². The van der Waals surface area contributed by atoms with E-state index in [9.17, 15) is 0 Å². The van der Waals surface area contributed by atoms with Gasteiger partial charge in [-0.2, -0.15) is 0 Å². The number of aliphatic carboxylic acids is 1. The molecule has 1 heterocycles. The molecule has 0 bridgehead atoms. The lowest BCUT2D eigenvalue weighted by molar-refractivity contribution is -0.134. The molecule has 0 aliphatic heterocycles. The third-order valence-corrected chi connectivity index (χ3v) is 1.24. The zero-order chi connectivity index (χ0) is 7.98. The van der Waals surface area contributed by atoms with Gasteiger partial charge in [-0.1, -0.05) is 0 Å². The molecule has 1 rings (SSSR count). The van der Waals surface area contributed by atoms with Crippen LogP contribution >= 0.6 is 11.3 Å². The predicted octanol–water partition coefficient (Wildman–Crippen LogP) is 1.42. The van der Waals surface area contributed by atoms with Crippen molar-refractivity contribution in [2.24, 2.45) is 0 Å². The van der Waals surface area contributed by atoms with Crippen LogP contribution in [0.2, 0.25) is 0 Å². The van der Waals surface area contributed by atoms with E-state index in [2.05, 4.69) is 0 Å². The van der Waals surface area contributed by atoms with E-state index in [4.69, 9.17) is 15.6 Å². The maximum atomic E-state index is 9.00. The molecule has 0 atom stereocenters. The summed E-state index contributed by atoms with van der Waals surface area (Å²) in [6.07, 6.45) is 0. The van der Waals surface area contributed by atoms with Crippen LogP contribution in [0.15, 0.2) is 17.5 Å². The van der Waals surface area contributed by atoms with Crippen LogP contribution in [-0.2, 0) is 4.79 Å². The van der Waals surface area contributed by atoms with Crippen molar-refractivity contribution in [2.45, 2.75) is 6.92 Å². The highest BCUT2D eigenvalue weighted by Crippen LogP contribution is 2.07. The molecule has 0 saturated heterocycles. The Morgan fingerprint density at radius 1 is 1.80 bits per heavy atom. The molecule has 0 aliphatic rings. The van der Waals surface area contributed by atoms with Crippen molar-refractivity contribution in [1.29, 1.82) is 0 Å². The molecule has 0 aliphatic carbocycles. The highest BCUT2D eigenvalue weighted by Gasteiger charge is 1.75. The second kappa shape index (κ2) is 4.81. The highest BCUT2D eigenvalue weighted by molar-refractivity contribution is 7.13. The number of nitrogens with two attached hydrogens (primary N) is 1. The van der Waals surface area contributed by atoms with Crippen molar-refractivity contribution < 1.29 is 9.90 Å². The van der Waals surface area contributed by atoms with E-state index < -0.39 is 5.97 Å². The first kappa shape index (κ1) is 8.97. The highest BCUT2D eigenvalue weighted by atomic mass is 32.1. The third-order valence-electron chi connectivity index (χ3n) is 0.543. The number of carboxylic acids is 1. The fourth-order valence-electron chi connectivity index (χ4n) is 0.291. The Kier molecular flexibility index (Phi) is 4.32. The Balaban J connectivity index is 0.000000180. The van der Waals surface area contributed by atoms with E-state index in [0.717, 1.165) is 11.9 Å². The molecule has 0 spiro atoms. The Bertz CT molecular complexity index is 180. The average Bonchev–Trinajstić information content (AvgIpc) is 2.15. The summed E-state index contributed by atoms with van der Waals surface area (Å²) in [6, 6.07) is 3.81. The van der Waals surface area contributed by atoms with Crippen LogP contribution in [-0.4, -0.2) is 11.1 Å². The van der Waals surface area contributed by atoms with Crippen LogP contribution in [0.25, 0.3) is 0 Å². The molecule has 4 heteroatoms. The van der Waals surface area contributed by atoms with Crippen LogP contribution in [0, 0.1) is 0 Å². The summed E-state index contributed by atoms with van der Waals surface area (Å²) < 4.78 is 0. The van der Waals surface area contributed by atoms with Crippen molar-refractivity contribution in [1.82, 2.24) is 0 Å². The molecule has 0 amide bonds. The maximum Gasteiger partial charge on any atom is 0.300 e. The van der Waals surface area contributed by atoms with Crippen molar-refractivity contribution >= 4 is 22.3 Å². The van der Waals surface area contributed by atoms with E-state index in [1.807, 2.05) is 17.5 Å². The average molecular weight is 159 g/mol. The summed E-state index contributed by atoms with van der Waals surface area (Å²) in [4.78, 5) is 9.00. The number of carboxylic acid groups (broad SMARTS) is 1. The van der Waals surface area contributed by atoms with Gasteiger partial charge in [0.05, 0.1) is 5.00 Å². The molecule has 0 saturated carbocycles. The first-order valence-corrected chi connectivity index (χ1v) is 3.49. The van der Waals surface area contributed by atoms with E-state index in [1.165, 1.54) is 0 Å². The first-order chi connectivity index (χ1) is 4.63. The molecule has 3 nitrogen and oxygen atoms in total. The lowest BCUT2D eigenvalue weighted by Gasteiger charge is -1.68. The van der Waals surface area contributed by atoms with Crippen LogP contribution < -0.4 is 5.73 Å². The number of carbonyl (C=O) groups is 1. The standard InChI is InChI=1S/C4H5NS.C2H4O2/c5-4-2-1-3-6-4;1-2(3)4/h1-3H,5H2;1H3,(H,3,4). The topological polar surface area (TPSA) is 63.3 Å². The molecular formula is C6H9NO2S. The van der Waals surface area contributed by atoms with Crippen molar-refractivity contribution in [3.8, 4) is 0 Å². The minimum atomic E-state index is -0.833. The smallest absolute Gasteiger partial charge is 0.300 e. The lowest BCUT2D eigenvalue weighted by atomic mass is 10.6. The minimum Gasteiger partial charge on any atom is -0.481 e. The summed E-state index contributed by atoms with van der Waals surface area (Å²) in [5, 5.41) is 10.3. The largest absolute Gasteiger partial charge is 0.481 e. The van der Waals surface area contributed by atoms with Gasteiger partial charge in [-0.3, -0.25) is 4.79 Å². The number of rotatable bonds is 0. The number of hydrogen-bond donors (Lipinski definition) is 2. The summed E-state index contributed by atoms with van der Waals surface area (Å²) >= 11 is 1.56. The van der Waals surface area contributed by atoms with Crippen molar-refractivity contribution in [3.05, 3.63) is 17.5 Å². The van der Waals surface area contributed by atoms with E-state index in [1.54, 1.807) is 11.3 Å². The summed E-state index contributed by atoms with van der Waals surface area (Å²) in [5.74, 6) is -0.833. The van der Waals surface area contributed by atoms with Gasteiger partial charge in [0.15, 0.2) is 0 Å². The van der Waals surface area contributed by atoms with Gasteiger partial charge < -0.3 is 10.8 Å². The fourth-order valence-corrected chi connectivity index (χ4v) is 0.763. The number of hydrogen-bond acceptors (Lipinski definition) is 3. The van der Waals surface area contributed by atoms with Gasteiger partial charge in [-0.25, -0.2) is 0 Å². The maximum absolute atomic E-state index is 9.00. The molecular weight excluding hydrogens is 150 g/mol. The van der Waals surface area contributed by atoms with Crippen LogP contribution in [0.5, 0.6) is 0 Å². The van der Waals surface area contributed by atoms with Gasteiger partial charge in [0.25, 0.3) is 5.97 Å². The number of anilines is 1. The Morgan fingerprint density at radius 2 is 2.30 bits per heavy atom. The molecule has 3 N–H and O–H groups in total. The van der Waals surface area contributed by atoms with Gasteiger partial charge in [0, 0.05) is 6.92 Å². The van der Waals surface area contributed by atoms with E-state index in [0.29, 0.717) is 0 Å². The monoisotopic (exact) mass is 159 g/mol. The van der Waals surface area contributed by atoms with Gasteiger partial charge in [-0.15, -0.1) is 11.3 Å².